The summed E-state index contributed by atoms with van der Waals surface area (Å²) >= 11 is 7.63. The molecule has 4 nitrogen and oxygen atoms in total. The molecule has 0 aliphatic carbocycles. The molecule has 0 radical (unpaired) electrons. The van der Waals surface area contributed by atoms with Crippen molar-refractivity contribution in [2.24, 2.45) is 0 Å². The number of nitrogens with zero attached hydrogens (tertiary/aromatic N) is 1. The van der Waals surface area contributed by atoms with Crippen molar-refractivity contribution in [3.63, 3.8) is 0 Å². The number of likely N-dealkylation sites (tertiary alicyclic amines) is 1. The number of hydrogen-bond acceptors (Lipinski definition) is 4. The molecular formula is C20H22ClNO3S. The fourth-order valence-electron chi connectivity index (χ4n) is 3.53. The van der Waals surface area contributed by atoms with E-state index in [9.17, 15) is 9.59 Å². The minimum absolute atomic E-state index is 0.353. The van der Waals surface area contributed by atoms with Gasteiger partial charge in [0.2, 0.25) is 0 Å². The van der Waals surface area contributed by atoms with Crippen molar-refractivity contribution in [3.8, 4) is 0 Å². The Morgan fingerprint density at radius 3 is 2.69 bits per heavy atom. The van der Waals surface area contributed by atoms with E-state index in [1.54, 1.807) is 4.90 Å². The molecule has 2 heterocycles. The van der Waals surface area contributed by atoms with Crippen LogP contribution in [-0.2, 0) is 10.3 Å². The van der Waals surface area contributed by atoms with Crippen molar-refractivity contribution >= 4 is 35.3 Å². The molecule has 26 heavy (non-hydrogen) atoms. The van der Waals surface area contributed by atoms with Crippen LogP contribution in [0.3, 0.4) is 0 Å². The number of carbonyl (C=O) groups is 2. The molecule has 1 aliphatic rings. The van der Waals surface area contributed by atoms with E-state index in [2.05, 4.69) is 0 Å². The van der Waals surface area contributed by atoms with Crippen molar-refractivity contribution in [2.45, 2.75) is 44.8 Å². The van der Waals surface area contributed by atoms with Gasteiger partial charge >= 0.3 is 6.09 Å². The average Bonchev–Trinajstić information content (AvgIpc) is 3.20. The van der Waals surface area contributed by atoms with Gasteiger partial charge in [-0.05, 0) is 68.3 Å². The molecule has 0 bridgehead atoms. The summed E-state index contributed by atoms with van der Waals surface area (Å²) in [6.07, 6.45) is 2.08. The van der Waals surface area contributed by atoms with Gasteiger partial charge in [-0.2, -0.15) is 0 Å². The van der Waals surface area contributed by atoms with Crippen LogP contribution in [0.2, 0.25) is 5.02 Å². The molecule has 1 aliphatic heterocycles. The normalized spacial score (nSPS) is 20.2. The number of ether oxygens (including phenoxy) is 1. The van der Waals surface area contributed by atoms with E-state index in [1.165, 1.54) is 11.3 Å². The molecule has 1 aromatic carbocycles. The van der Waals surface area contributed by atoms with E-state index in [0.717, 1.165) is 30.3 Å². The second-order valence-electron chi connectivity index (χ2n) is 7.46. The summed E-state index contributed by atoms with van der Waals surface area (Å²) in [7, 11) is 0. The molecule has 3 rings (SSSR count). The molecule has 1 amide bonds. The number of thiophene rings is 1. The number of benzene rings is 1. The van der Waals surface area contributed by atoms with E-state index in [1.807, 2.05) is 56.5 Å². The fraction of sp³-hybridized carbons (Fsp3) is 0.400. The van der Waals surface area contributed by atoms with E-state index >= 15 is 0 Å². The molecule has 2 aromatic rings. The Morgan fingerprint density at radius 1 is 1.31 bits per heavy atom. The lowest BCUT2D eigenvalue weighted by Crippen LogP contribution is -2.47. The number of carbonyl (C=O) groups excluding carboxylic acids is 2. The van der Waals surface area contributed by atoms with E-state index < -0.39 is 11.1 Å². The summed E-state index contributed by atoms with van der Waals surface area (Å²) in [5, 5.41) is 2.57. The van der Waals surface area contributed by atoms with Crippen LogP contribution in [0.5, 0.6) is 0 Å². The first kappa shape index (κ1) is 18.9. The highest BCUT2D eigenvalue weighted by Gasteiger charge is 2.48. The summed E-state index contributed by atoms with van der Waals surface area (Å²) in [4.78, 5) is 26.6. The summed E-state index contributed by atoms with van der Waals surface area (Å²) in [5.74, 6) is 0. The van der Waals surface area contributed by atoms with Gasteiger partial charge in [0.1, 0.15) is 5.60 Å². The highest BCUT2D eigenvalue weighted by molar-refractivity contribution is 7.11. The van der Waals surface area contributed by atoms with E-state index in [-0.39, 0.29) is 6.09 Å². The van der Waals surface area contributed by atoms with Crippen LogP contribution in [-0.4, -0.2) is 29.4 Å². The molecule has 0 N–H and O–H groups in total. The fourth-order valence-corrected chi connectivity index (χ4v) is 4.49. The van der Waals surface area contributed by atoms with Crippen LogP contribution < -0.4 is 0 Å². The maximum Gasteiger partial charge on any atom is 0.411 e. The third kappa shape index (κ3) is 3.51. The second-order valence-corrected chi connectivity index (χ2v) is 8.84. The Labute approximate surface area is 162 Å². The summed E-state index contributed by atoms with van der Waals surface area (Å²) in [6, 6.07) is 9.44. The van der Waals surface area contributed by atoms with E-state index in [0.29, 0.717) is 16.4 Å². The SMILES string of the molecule is CC(C)(C)OC(=O)N1CCCC1(c1cccc(Cl)c1)c1csc(C=O)c1. The quantitative estimate of drug-likeness (QED) is 0.650. The number of aldehydes is 1. The second kappa shape index (κ2) is 7.05. The summed E-state index contributed by atoms with van der Waals surface area (Å²) in [5.41, 5.74) is 0.603. The maximum atomic E-state index is 13.0. The Bertz CT molecular complexity index is 826. The Balaban J connectivity index is 2.14. The van der Waals surface area contributed by atoms with Gasteiger partial charge in [0.25, 0.3) is 0 Å². The van der Waals surface area contributed by atoms with Gasteiger partial charge < -0.3 is 4.74 Å². The molecule has 138 valence electrons. The predicted molar refractivity (Wildman–Crippen MR) is 104 cm³/mol. The lowest BCUT2D eigenvalue weighted by Gasteiger charge is -2.39. The van der Waals surface area contributed by atoms with Crippen molar-refractivity contribution in [3.05, 3.63) is 56.7 Å². The number of rotatable bonds is 3. The van der Waals surface area contributed by atoms with Gasteiger partial charge in [-0.25, -0.2) is 4.79 Å². The van der Waals surface area contributed by atoms with Gasteiger partial charge in [-0.1, -0.05) is 23.7 Å². The molecule has 1 saturated heterocycles. The molecule has 1 fully saturated rings. The van der Waals surface area contributed by atoms with E-state index in [4.69, 9.17) is 16.3 Å². The summed E-state index contributed by atoms with van der Waals surface area (Å²) < 4.78 is 5.67. The van der Waals surface area contributed by atoms with Crippen molar-refractivity contribution in [1.29, 1.82) is 0 Å². The van der Waals surface area contributed by atoms with Crippen LogP contribution in [0.25, 0.3) is 0 Å². The Morgan fingerprint density at radius 2 is 2.08 bits per heavy atom. The molecule has 0 spiro atoms. The third-order valence-corrected chi connectivity index (χ3v) is 5.60. The van der Waals surface area contributed by atoms with Crippen molar-refractivity contribution in [1.82, 2.24) is 4.90 Å². The van der Waals surface area contributed by atoms with Crippen LogP contribution in [0.15, 0.2) is 35.7 Å². The Kier molecular flexibility index (Phi) is 5.13. The summed E-state index contributed by atoms with van der Waals surface area (Å²) in [6.45, 7) is 6.17. The predicted octanol–water partition coefficient (Wildman–Crippen LogP) is 5.49. The zero-order valence-corrected chi connectivity index (χ0v) is 16.7. The highest BCUT2D eigenvalue weighted by atomic mass is 35.5. The largest absolute Gasteiger partial charge is 0.444 e. The zero-order chi connectivity index (χ0) is 18.9. The van der Waals surface area contributed by atoms with Crippen LogP contribution in [0.4, 0.5) is 4.79 Å². The standard InChI is InChI=1S/C20H22ClNO3S/c1-19(2,3)25-18(24)22-9-5-8-20(22,14-6-4-7-16(21)10-14)15-11-17(12-23)26-13-15/h4,6-7,10-13H,5,8-9H2,1-3H3. The van der Waals surface area contributed by atoms with Crippen LogP contribution in [0, 0.1) is 0 Å². The average molecular weight is 392 g/mol. The van der Waals surface area contributed by atoms with Crippen molar-refractivity contribution < 1.29 is 14.3 Å². The minimum Gasteiger partial charge on any atom is -0.444 e. The number of halogens is 1. The monoisotopic (exact) mass is 391 g/mol. The zero-order valence-electron chi connectivity index (χ0n) is 15.1. The smallest absolute Gasteiger partial charge is 0.411 e. The first-order chi connectivity index (χ1) is 12.3. The molecule has 1 atom stereocenters. The minimum atomic E-state index is -0.676. The lowest BCUT2D eigenvalue weighted by molar-refractivity contribution is 0.0131. The highest BCUT2D eigenvalue weighted by Crippen LogP contribution is 2.46. The first-order valence-corrected chi connectivity index (χ1v) is 9.83. The van der Waals surface area contributed by atoms with Crippen LogP contribution >= 0.6 is 22.9 Å². The first-order valence-electron chi connectivity index (χ1n) is 8.57. The number of amides is 1. The van der Waals surface area contributed by atoms with Gasteiger partial charge in [0.15, 0.2) is 6.29 Å². The third-order valence-electron chi connectivity index (χ3n) is 4.51. The lowest BCUT2D eigenvalue weighted by atomic mass is 9.82. The molecule has 0 saturated carbocycles. The molecule has 6 heteroatoms. The number of hydrogen-bond donors (Lipinski definition) is 0. The van der Waals surface area contributed by atoms with Crippen molar-refractivity contribution in [2.75, 3.05) is 6.54 Å². The van der Waals surface area contributed by atoms with Gasteiger partial charge in [0.05, 0.1) is 10.4 Å². The van der Waals surface area contributed by atoms with Gasteiger partial charge in [-0.15, -0.1) is 11.3 Å². The topological polar surface area (TPSA) is 46.6 Å². The van der Waals surface area contributed by atoms with Gasteiger partial charge in [0, 0.05) is 11.6 Å². The molecular weight excluding hydrogens is 370 g/mol. The van der Waals surface area contributed by atoms with Gasteiger partial charge in [-0.3, -0.25) is 9.69 Å². The van der Waals surface area contributed by atoms with Crippen LogP contribution in [0.1, 0.15) is 54.4 Å². The molecule has 1 aromatic heterocycles. The maximum absolute atomic E-state index is 13.0. The Hall–Kier alpha value is -1.85. The molecule has 1 unspecified atom stereocenters.